The van der Waals surface area contributed by atoms with E-state index in [0.717, 1.165) is 6.42 Å². The summed E-state index contributed by atoms with van der Waals surface area (Å²) in [4.78, 5) is 0. The SMILES string of the molecule is CC1CC(C)(C)CC1NCC(C)(O)CO. The van der Waals surface area contributed by atoms with E-state index in [4.69, 9.17) is 5.11 Å². The Hall–Kier alpha value is -0.120. The fraction of sp³-hybridized carbons (Fsp3) is 1.00. The molecule has 0 saturated heterocycles. The minimum Gasteiger partial charge on any atom is -0.393 e. The van der Waals surface area contributed by atoms with Gasteiger partial charge in [-0.25, -0.2) is 0 Å². The molecule has 0 spiro atoms. The van der Waals surface area contributed by atoms with E-state index in [9.17, 15) is 5.11 Å². The predicted molar refractivity (Wildman–Crippen MR) is 61.7 cm³/mol. The fourth-order valence-electron chi connectivity index (χ4n) is 2.57. The van der Waals surface area contributed by atoms with Crippen LogP contribution < -0.4 is 5.32 Å². The molecular formula is C12H25NO2. The van der Waals surface area contributed by atoms with Gasteiger partial charge in [0.25, 0.3) is 0 Å². The third-order valence-electron chi connectivity index (χ3n) is 3.42. The van der Waals surface area contributed by atoms with Crippen molar-refractivity contribution in [3.63, 3.8) is 0 Å². The minimum atomic E-state index is -0.994. The molecule has 0 aromatic heterocycles. The van der Waals surface area contributed by atoms with Crippen molar-refractivity contribution in [2.75, 3.05) is 13.2 Å². The zero-order valence-corrected chi connectivity index (χ0v) is 10.4. The predicted octanol–water partition coefficient (Wildman–Crippen LogP) is 1.14. The zero-order chi connectivity index (χ0) is 11.7. The Balaban J connectivity index is 2.41. The molecular weight excluding hydrogens is 190 g/mol. The van der Waals surface area contributed by atoms with Gasteiger partial charge in [-0.1, -0.05) is 20.8 Å². The molecule has 1 saturated carbocycles. The van der Waals surface area contributed by atoms with E-state index in [0.29, 0.717) is 23.9 Å². The average Bonchev–Trinajstić information content (AvgIpc) is 2.36. The molecule has 15 heavy (non-hydrogen) atoms. The number of rotatable bonds is 4. The second-order valence-corrected chi connectivity index (χ2v) is 6.19. The molecule has 0 radical (unpaired) electrons. The van der Waals surface area contributed by atoms with Crippen LogP contribution in [0, 0.1) is 11.3 Å². The smallest absolute Gasteiger partial charge is 0.0972 e. The molecule has 3 atom stereocenters. The molecule has 0 aromatic rings. The fourth-order valence-corrected chi connectivity index (χ4v) is 2.57. The van der Waals surface area contributed by atoms with Crippen LogP contribution in [0.2, 0.25) is 0 Å². The first kappa shape index (κ1) is 12.9. The van der Waals surface area contributed by atoms with Gasteiger partial charge in [0.15, 0.2) is 0 Å². The van der Waals surface area contributed by atoms with Crippen LogP contribution in [0.5, 0.6) is 0 Å². The highest BCUT2D eigenvalue weighted by atomic mass is 16.3. The summed E-state index contributed by atoms with van der Waals surface area (Å²) >= 11 is 0. The van der Waals surface area contributed by atoms with Crippen molar-refractivity contribution in [2.45, 2.75) is 52.2 Å². The summed E-state index contributed by atoms with van der Waals surface area (Å²) in [5.74, 6) is 0.648. The van der Waals surface area contributed by atoms with Crippen molar-refractivity contribution in [1.82, 2.24) is 5.32 Å². The average molecular weight is 215 g/mol. The molecule has 3 heteroatoms. The molecule has 3 unspecified atom stereocenters. The van der Waals surface area contributed by atoms with Crippen LogP contribution in [0.15, 0.2) is 0 Å². The van der Waals surface area contributed by atoms with Crippen molar-refractivity contribution in [1.29, 1.82) is 0 Å². The summed E-state index contributed by atoms with van der Waals surface area (Å²) < 4.78 is 0. The number of hydrogen-bond acceptors (Lipinski definition) is 3. The van der Waals surface area contributed by atoms with Crippen LogP contribution in [-0.2, 0) is 0 Å². The molecule has 0 amide bonds. The van der Waals surface area contributed by atoms with Gasteiger partial charge in [-0.15, -0.1) is 0 Å². The minimum absolute atomic E-state index is 0.190. The largest absolute Gasteiger partial charge is 0.393 e. The molecule has 0 bridgehead atoms. The van der Waals surface area contributed by atoms with Gasteiger partial charge in [0, 0.05) is 12.6 Å². The van der Waals surface area contributed by atoms with E-state index < -0.39 is 5.60 Å². The molecule has 90 valence electrons. The van der Waals surface area contributed by atoms with Crippen molar-refractivity contribution in [3.05, 3.63) is 0 Å². The monoisotopic (exact) mass is 215 g/mol. The van der Waals surface area contributed by atoms with E-state index in [1.165, 1.54) is 6.42 Å². The van der Waals surface area contributed by atoms with Gasteiger partial charge in [-0.2, -0.15) is 0 Å². The molecule has 1 fully saturated rings. The number of nitrogens with one attached hydrogen (secondary N) is 1. The number of hydrogen-bond donors (Lipinski definition) is 3. The number of aliphatic hydroxyl groups is 2. The summed E-state index contributed by atoms with van der Waals surface area (Å²) in [6.45, 7) is 8.76. The normalized spacial score (nSPS) is 34.0. The highest BCUT2D eigenvalue weighted by molar-refractivity contribution is 4.92. The molecule has 3 N–H and O–H groups in total. The van der Waals surface area contributed by atoms with Gasteiger partial charge in [0.05, 0.1) is 12.2 Å². The van der Waals surface area contributed by atoms with E-state index in [-0.39, 0.29) is 6.61 Å². The molecule has 1 rings (SSSR count). The highest BCUT2D eigenvalue weighted by Gasteiger charge is 2.37. The van der Waals surface area contributed by atoms with Crippen LogP contribution in [0.1, 0.15) is 40.5 Å². The van der Waals surface area contributed by atoms with Gasteiger partial charge in [0.1, 0.15) is 0 Å². The molecule has 1 aliphatic rings. The van der Waals surface area contributed by atoms with E-state index in [1.54, 1.807) is 6.92 Å². The molecule has 0 heterocycles. The van der Waals surface area contributed by atoms with Crippen LogP contribution in [-0.4, -0.2) is 35.0 Å². The van der Waals surface area contributed by atoms with E-state index >= 15 is 0 Å². The van der Waals surface area contributed by atoms with Crippen LogP contribution >= 0.6 is 0 Å². The Kier molecular flexibility index (Phi) is 3.80. The molecule has 3 nitrogen and oxygen atoms in total. The summed E-state index contributed by atoms with van der Waals surface area (Å²) in [7, 11) is 0. The van der Waals surface area contributed by atoms with E-state index in [1.807, 2.05) is 0 Å². The first-order valence-electron chi connectivity index (χ1n) is 5.82. The quantitative estimate of drug-likeness (QED) is 0.659. The first-order chi connectivity index (χ1) is 6.76. The Bertz CT molecular complexity index is 214. The summed E-state index contributed by atoms with van der Waals surface area (Å²) in [5, 5.41) is 22.0. The van der Waals surface area contributed by atoms with Crippen molar-refractivity contribution >= 4 is 0 Å². The summed E-state index contributed by atoms with van der Waals surface area (Å²) in [6.07, 6.45) is 2.38. The summed E-state index contributed by atoms with van der Waals surface area (Å²) in [5.41, 5.74) is -0.589. The third-order valence-corrected chi connectivity index (χ3v) is 3.42. The first-order valence-corrected chi connectivity index (χ1v) is 5.82. The van der Waals surface area contributed by atoms with E-state index in [2.05, 4.69) is 26.1 Å². The standard InChI is InChI=1S/C12H25NO2/c1-9-5-11(2,3)6-10(9)13-7-12(4,15)8-14/h9-10,13-15H,5-8H2,1-4H3. The molecule has 1 aliphatic carbocycles. The van der Waals surface area contributed by atoms with Crippen molar-refractivity contribution in [3.8, 4) is 0 Å². The Morgan fingerprint density at radius 1 is 1.40 bits per heavy atom. The van der Waals surface area contributed by atoms with Gasteiger partial charge in [-0.05, 0) is 31.1 Å². The lowest BCUT2D eigenvalue weighted by molar-refractivity contribution is -0.0000909. The molecule has 0 aromatic carbocycles. The van der Waals surface area contributed by atoms with Gasteiger partial charge in [0.2, 0.25) is 0 Å². The Morgan fingerprint density at radius 3 is 2.40 bits per heavy atom. The third kappa shape index (κ3) is 3.74. The Labute approximate surface area is 92.9 Å². The number of aliphatic hydroxyl groups excluding tert-OH is 1. The van der Waals surface area contributed by atoms with Gasteiger partial charge < -0.3 is 15.5 Å². The Morgan fingerprint density at radius 2 is 2.00 bits per heavy atom. The lowest BCUT2D eigenvalue weighted by Gasteiger charge is -2.25. The topological polar surface area (TPSA) is 52.5 Å². The zero-order valence-electron chi connectivity index (χ0n) is 10.4. The lowest BCUT2D eigenvalue weighted by atomic mass is 9.91. The van der Waals surface area contributed by atoms with Gasteiger partial charge >= 0.3 is 0 Å². The van der Waals surface area contributed by atoms with Crippen LogP contribution in [0.4, 0.5) is 0 Å². The summed E-state index contributed by atoms with van der Waals surface area (Å²) in [6, 6.07) is 0.470. The van der Waals surface area contributed by atoms with Crippen LogP contribution in [0.25, 0.3) is 0 Å². The second-order valence-electron chi connectivity index (χ2n) is 6.19. The second kappa shape index (κ2) is 4.40. The maximum Gasteiger partial charge on any atom is 0.0972 e. The van der Waals surface area contributed by atoms with Crippen molar-refractivity contribution in [2.24, 2.45) is 11.3 Å². The van der Waals surface area contributed by atoms with Gasteiger partial charge in [-0.3, -0.25) is 0 Å². The maximum absolute atomic E-state index is 9.69. The van der Waals surface area contributed by atoms with Crippen molar-refractivity contribution < 1.29 is 10.2 Å². The lowest BCUT2D eigenvalue weighted by Crippen LogP contribution is -2.45. The maximum atomic E-state index is 9.69. The highest BCUT2D eigenvalue weighted by Crippen LogP contribution is 2.40. The molecule has 0 aliphatic heterocycles. The van der Waals surface area contributed by atoms with Crippen LogP contribution in [0.3, 0.4) is 0 Å².